The van der Waals surface area contributed by atoms with E-state index in [2.05, 4.69) is 47.2 Å². The lowest BCUT2D eigenvalue weighted by Gasteiger charge is -2.03. The third kappa shape index (κ3) is 2.29. The van der Waals surface area contributed by atoms with Crippen molar-refractivity contribution in [3.8, 4) is 0 Å². The van der Waals surface area contributed by atoms with Crippen LogP contribution in [0.15, 0.2) is 40.9 Å². The Hall–Kier alpha value is -1.87. The molecule has 0 spiro atoms. The molecular formula is C17H14BrNO. The summed E-state index contributed by atoms with van der Waals surface area (Å²) < 4.78 is 0.971. The number of halogens is 1. The van der Waals surface area contributed by atoms with Gasteiger partial charge in [-0.15, -0.1) is 0 Å². The molecule has 0 saturated heterocycles. The summed E-state index contributed by atoms with van der Waals surface area (Å²) in [6, 6.07) is 12.0. The molecule has 0 bridgehead atoms. The van der Waals surface area contributed by atoms with Gasteiger partial charge in [0.1, 0.15) is 0 Å². The number of carbonyl (C=O) groups excluding carboxylic acids is 1. The van der Waals surface area contributed by atoms with Crippen LogP contribution in [0.3, 0.4) is 0 Å². The normalized spacial score (nSPS) is 15.3. The van der Waals surface area contributed by atoms with E-state index in [-0.39, 0.29) is 5.91 Å². The number of carbonyl (C=O) groups is 1. The van der Waals surface area contributed by atoms with Crippen LogP contribution in [-0.2, 0) is 4.79 Å². The predicted octanol–water partition coefficient (Wildman–Crippen LogP) is 4.56. The average molecular weight is 328 g/mol. The number of fused-ring (bicyclic) bond motifs is 1. The van der Waals surface area contributed by atoms with Crippen LogP contribution in [0.25, 0.3) is 11.6 Å². The minimum atomic E-state index is -0.0451. The summed E-state index contributed by atoms with van der Waals surface area (Å²) in [5.41, 5.74) is 6.06. The van der Waals surface area contributed by atoms with Gasteiger partial charge < -0.3 is 5.32 Å². The van der Waals surface area contributed by atoms with Crippen LogP contribution in [0.2, 0.25) is 0 Å². The van der Waals surface area contributed by atoms with Crippen molar-refractivity contribution < 1.29 is 4.79 Å². The lowest BCUT2D eigenvalue weighted by Crippen LogP contribution is -2.03. The highest BCUT2D eigenvalue weighted by atomic mass is 79.9. The number of aryl methyl sites for hydroxylation is 2. The number of benzene rings is 2. The van der Waals surface area contributed by atoms with Crippen LogP contribution in [0.1, 0.15) is 22.3 Å². The minimum absolute atomic E-state index is 0.0451. The lowest BCUT2D eigenvalue weighted by molar-refractivity contribution is -0.110. The van der Waals surface area contributed by atoms with E-state index >= 15 is 0 Å². The Bertz CT molecular complexity index is 747. The van der Waals surface area contributed by atoms with Crippen LogP contribution in [0.5, 0.6) is 0 Å². The summed E-state index contributed by atoms with van der Waals surface area (Å²) in [4.78, 5) is 12.1. The Morgan fingerprint density at radius 2 is 1.85 bits per heavy atom. The first-order chi connectivity index (χ1) is 9.54. The molecule has 1 heterocycles. The van der Waals surface area contributed by atoms with Gasteiger partial charge in [-0.3, -0.25) is 4.79 Å². The first kappa shape index (κ1) is 13.1. The second-order valence-corrected chi connectivity index (χ2v) is 5.96. The van der Waals surface area contributed by atoms with Gasteiger partial charge in [-0.05, 0) is 54.8 Å². The van der Waals surface area contributed by atoms with E-state index < -0.39 is 0 Å². The Balaban J connectivity index is 2.10. The van der Waals surface area contributed by atoms with E-state index in [1.807, 2.05) is 30.3 Å². The fraction of sp³-hybridized carbons (Fsp3) is 0.118. The van der Waals surface area contributed by atoms with Crippen LogP contribution in [0, 0.1) is 13.8 Å². The van der Waals surface area contributed by atoms with Crippen molar-refractivity contribution in [2.75, 3.05) is 5.32 Å². The van der Waals surface area contributed by atoms with E-state index in [1.165, 1.54) is 11.1 Å². The Labute approximate surface area is 126 Å². The maximum Gasteiger partial charge on any atom is 0.256 e. The van der Waals surface area contributed by atoms with Crippen LogP contribution in [0.4, 0.5) is 5.69 Å². The van der Waals surface area contributed by atoms with Crippen LogP contribution < -0.4 is 5.32 Å². The lowest BCUT2D eigenvalue weighted by atomic mass is 10.0. The highest BCUT2D eigenvalue weighted by Gasteiger charge is 2.23. The van der Waals surface area contributed by atoms with Crippen molar-refractivity contribution >= 4 is 39.2 Å². The predicted molar refractivity (Wildman–Crippen MR) is 86.6 cm³/mol. The molecule has 1 amide bonds. The molecule has 0 fully saturated rings. The van der Waals surface area contributed by atoms with Gasteiger partial charge >= 0.3 is 0 Å². The van der Waals surface area contributed by atoms with E-state index in [0.717, 1.165) is 21.3 Å². The molecule has 3 heteroatoms. The molecule has 20 heavy (non-hydrogen) atoms. The monoisotopic (exact) mass is 327 g/mol. The number of hydrogen-bond donors (Lipinski definition) is 1. The molecule has 0 aromatic heterocycles. The van der Waals surface area contributed by atoms with Crippen molar-refractivity contribution in [1.29, 1.82) is 0 Å². The van der Waals surface area contributed by atoms with Gasteiger partial charge in [-0.2, -0.15) is 0 Å². The molecule has 0 unspecified atom stereocenters. The van der Waals surface area contributed by atoms with Crippen molar-refractivity contribution in [1.82, 2.24) is 0 Å². The average Bonchev–Trinajstić information content (AvgIpc) is 2.70. The standard InChI is InChI=1S/C17H14BrNO/c1-10-3-4-12(7-11(10)2)8-15-14-9-13(18)5-6-16(14)19-17(15)20/h3-9H,1-2H3,(H,19,20)/b15-8-. The highest BCUT2D eigenvalue weighted by Crippen LogP contribution is 2.35. The van der Waals surface area contributed by atoms with Gasteiger partial charge in [0.05, 0.1) is 0 Å². The Morgan fingerprint density at radius 1 is 1.05 bits per heavy atom. The molecule has 0 saturated carbocycles. The summed E-state index contributed by atoms with van der Waals surface area (Å²) in [7, 11) is 0. The summed E-state index contributed by atoms with van der Waals surface area (Å²) >= 11 is 3.45. The molecule has 0 radical (unpaired) electrons. The smallest absolute Gasteiger partial charge is 0.256 e. The summed E-state index contributed by atoms with van der Waals surface area (Å²) in [5.74, 6) is -0.0451. The number of anilines is 1. The topological polar surface area (TPSA) is 29.1 Å². The summed E-state index contributed by atoms with van der Waals surface area (Å²) in [6.07, 6.45) is 1.94. The van der Waals surface area contributed by atoms with E-state index in [1.54, 1.807) is 0 Å². The molecule has 2 aromatic carbocycles. The second-order valence-electron chi connectivity index (χ2n) is 5.05. The molecular weight excluding hydrogens is 314 g/mol. The largest absolute Gasteiger partial charge is 0.321 e. The van der Waals surface area contributed by atoms with Gasteiger partial charge in [-0.1, -0.05) is 34.1 Å². The number of hydrogen-bond acceptors (Lipinski definition) is 1. The van der Waals surface area contributed by atoms with Crippen molar-refractivity contribution in [2.45, 2.75) is 13.8 Å². The van der Waals surface area contributed by atoms with Gasteiger partial charge in [-0.25, -0.2) is 0 Å². The van der Waals surface area contributed by atoms with E-state index in [9.17, 15) is 4.79 Å². The van der Waals surface area contributed by atoms with Crippen molar-refractivity contribution in [3.63, 3.8) is 0 Å². The minimum Gasteiger partial charge on any atom is -0.321 e. The third-order valence-corrected chi connectivity index (χ3v) is 4.10. The van der Waals surface area contributed by atoms with Crippen LogP contribution in [-0.4, -0.2) is 5.91 Å². The number of nitrogens with one attached hydrogen (secondary N) is 1. The molecule has 0 aliphatic carbocycles. The Morgan fingerprint density at radius 3 is 2.60 bits per heavy atom. The van der Waals surface area contributed by atoms with Crippen molar-refractivity contribution in [2.24, 2.45) is 0 Å². The highest BCUT2D eigenvalue weighted by molar-refractivity contribution is 9.10. The molecule has 1 aliphatic heterocycles. The molecule has 1 aliphatic rings. The third-order valence-electron chi connectivity index (χ3n) is 3.61. The van der Waals surface area contributed by atoms with Gasteiger partial charge in [0.25, 0.3) is 5.91 Å². The molecule has 2 nitrogen and oxygen atoms in total. The fourth-order valence-electron chi connectivity index (χ4n) is 2.32. The first-order valence-corrected chi connectivity index (χ1v) is 7.24. The van der Waals surface area contributed by atoms with Gasteiger partial charge in [0, 0.05) is 21.3 Å². The van der Waals surface area contributed by atoms with Gasteiger partial charge in [0.2, 0.25) is 0 Å². The zero-order chi connectivity index (χ0) is 14.3. The van der Waals surface area contributed by atoms with Gasteiger partial charge in [0.15, 0.2) is 0 Å². The molecule has 100 valence electrons. The summed E-state index contributed by atoms with van der Waals surface area (Å²) in [6.45, 7) is 4.16. The number of amides is 1. The quantitative estimate of drug-likeness (QED) is 0.764. The molecule has 0 atom stereocenters. The Kier molecular flexibility index (Phi) is 3.22. The maximum absolute atomic E-state index is 12.1. The molecule has 2 aromatic rings. The van der Waals surface area contributed by atoms with Crippen molar-refractivity contribution in [3.05, 3.63) is 63.1 Å². The maximum atomic E-state index is 12.1. The zero-order valence-electron chi connectivity index (χ0n) is 11.3. The van der Waals surface area contributed by atoms with E-state index in [4.69, 9.17) is 0 Å². The van der Waals surface area contributed by atoms with E-state index in [0.29, 0.717) is 5.57 Å². The molecule has 1 N–H and O–H groups in total. The SMILES string of the molecule is Cc1ccc(/C=C2\C(=O)Nc3ccc(Br)cc32)cc1C. The van der Waals surface area contributed by atoms with Crippen LogP contribution >= 0.6 is 15.9 Å². The summed E-state index contributed by atoms with van der Waals surface area (Å²) in [5, 5.41) is 2.89. The molecule has 3 rings (SSSR count). The fourth-order valence-corrected chi connectivity index (χ4v) is 2.69. The second kappa shape index (κ2) is 4.91. The first-order valence-electron chi connectivity index (χ1n) is 6.45. The number of rotatable bonds is 1. The zero-order valence-corrected chi connectivity index (χ0v) is 12.9.